The minimum absolute atomic E-state index is 0.102. The summed E-state index contributed by atoms with van der Waals surface area (Å²) in [6.45, 7) is 0. The molecule has 0 saturated heterocycles. The third-order valence-corrected chi connectivity index (χ3v) is 2.79. The van der Waals surface area contributed by atoms with Crippen LogP contribution in [0.25, 0.3) is 0 Å². The third kappa shape index (κ3) is 3.42. The van der Waals surface area contributed by atoms with Gasteiger partial charge in [-0.25, -0.2) is 4.39 Å². The Balaban J connectivity index is 2.21. The first-order valence-corrected chi connectivity index (χ1v) is 6.21. The molecule has 21 heavy (non-hydrogen) atoms. The number of halogens is 1. The highest BCUT2D eigenvalue weighted by Crippen LogP contribution is 2.14. The molecular formula is C15H14FN3O2. The first-order chi connectivity index (χ1) is 9.99. The predicted molar refractivity (Wildman–Crippen MR) is 76.6 cm³/mol. The molecule has 2 amide bonds. The van der Waals surface area contributed by atoms with Crippen LogP contribution in [0.1, 0.15) is 20.7 Å². The van der Waals surface area contributed by atoms with Gasteiger partial charge in [-0.1, -0.05) is 6.07 Å². The monoisotopic (exact) mass is 287 g/mol. The average Bonchev–Trinajstić information content (AvgIpc) is 2.47. The minimum Gasteiger partial charge on any atom is -0.345 e. The standard InChI is InChI=1S/C15H14FN3O2/c1-19(2)15(21)10-4-3-5-11(8-10)18-14(20)12-6-7-17-9-13(12)16/h3-9H,1-2H3,(H,18,20). The molecule has 0 radical (unpaired) electrons. The van der Waals surface area contributed by atoms with Gasteiger partial charge in [0.15, 0.2) is 5.82 Å². The SMILES string of the molecule is CN(C)C(=O)c1cccc(NC(=O)c2ccncc2F)c1. The normalized spacial score (nSPS) is 10.0. The lowest BCUT2D eigenvalue weighted by atomic mass is 10.1. The maximum Gasteiger partial charge on any atom is 0.258 e. The van der Waals surface area contributed by atoms with E-state index >= 15 is 0 Å². The molecule has 0 aliphatic carbocycles. The molecule has 0 aliphatic heterocycles. The summed E-state index contributed by atoms with van der Waals surface area (Å²) < 4.78 is 13.5. The van der Waals surface area contributed by atoms with Gasteiger partial charge in [-0.2, -0.15) is 0 Å². The van der Waals surface area contributed by atoms with Crippen molar-refractivity contribution in [1.82, 2.24) is 9.88 Å². The second kappa shape index (κ2) is 6.13. The highest BCUT2D eigenvalue weighted by Gasteiger charge is 2.13. The van der Waals surface area contributed by atoms with E-state index in [1.54, 1.807) is 38.4 Å². The van der Waals surface area contributed by atoms with E-state index in [1.807, 2.05) is 0 Å². The summed E-state index contributed by atoms with van der Waals surface area (Å²) in [5.74, 6) is -1.47. The Kier molecular flexibility index (Phi) is 4.27. The number of hydrogen-bond donors (Lipinski definition) is 1. The molecule has 0 fully saturated rings. The molecule has 2 aromatic rings. The number of aromatic nitrogens is 1. The molecule has 0 saturated carbocycles. The van der Waals surface area contributed by atoms with Gasteiger partial charge in [-0.15, -0.1) is 0 Å². The molecule has 0 aliphatic rings. The van der Waals surface area contributed by atoms with Gasteiger partial charge < -0.3 is 10.2 Å². The Morgan fingerprint density at radius 1 is 1.24 bits per heavy atom. The van der Waals surface area contributed by atoms with Crippen LogP contribution in [0.15, 0.2) is 42.7 Å². The van der Waals surface area contributed by atoms with Crippen LogP contribution in [0, 0.1) is 5.82 Å². The molecule has 108 valence electrons. The Morgan fingerprint density at radius 3 is 2.67 bits per heavy atom. The number of hydrogen-bond acceptors (Lipinski definition) is 3. The van der Waals surface area contributed by atoms with Crippen LogP contribution < -0.4 is 5.32 Å². The van der Waals surface area contributed by atoms with Crippen molar-refractivity contribution in [3.63, 3.8) is 0 Å². The molecule has 6 heteroatoms. The van der Waals surface area contributed by atoms with Crippen LogP contribution in [0.2, 0.25) is 0 Å². The number of benzene rings is 1. The fourth-order valence-electron chi connectivity index (χ4n) is 1.75. The van der Waals surface area contributed by atoms with Crippen molar-refractivity contribution in [2.45, 2.75) is 0 Å². The van der Waals surface area contributed by atoms with Gasteiger partial charge in [0.2, 0.25) is 0 Å². The number of pyridine rings is 1. The van der Waals surface area contributed by atoms with Crippen LogP contribution in [0.3, 0.4) is 0 Å². The van der Waals surface area contributed by atoms with Gasteiger partial charge in [0, 0.05) is 31.5 Å². The summed E-state index contributed by atoms with van der Waals surface area (Å²) in [6, 6.07) is 7.75. The molecule has 0 bridgehead atoms. The molecule has 0 unspecified atom stereocenters. The number of rotatable bonds is 3. The van der Waals surface area contributed by atoms with Crippen LogP contribution in [-0.4, -0.2) is 35.8 Å². The molecule has 1 aromatic heterocycles. The maximum absolute atomic E-state index is 13.5. The zero-order chi connectivity index (χ0) is 15.4. The largest absolute Gasteiger partial charge is 0.345 e. The Morgan fingerprint density at radius 2 is 2.00 bits per heavy atom. The fraction of sp³-hybridized carbons (Fsp3) is 0.133. The zero-order valence-electron chi connectivity index (χ0n) is 11.6. The van der Waals surface area contributed by atoms with Crippen molar-refractivity contribution in [1.29, 1.82) is 0 Å². The van der Waals surface area contributed by atoms with Crippen molar-refractivity contribution in [3.8, 4) is 0 Å². The number of nitrogens with one attached hydrogen (secondary N) is 1. The van der Waals surface area contributed by atoms with Crippen LogP contribution >= 0.6 is 0 Å². The Labute approximate surface area is 121 Å². The van der Waals surface area contributed by atoms with E-state index in [0.29, 0.717) is 11.3 Å². The first-order valence-electron chi connectivity index (χ1n) is 6.21. The van der Waals surface area contributed by atoms with E-state index in [2.05, 4.69) is 10.3 Å². The lowest BCUT2D eigenvalue weighted by Crippen LogP contribution is -2.22. The van der Waals surface area contributed by atoms with Gasteiger partial charge in [0.1, 0.15) is 0 Å². The van der Waals surface area contributed by atoms with E-state index in [0.717, 1.165) is 6.20 Å². The second-order valence-corrected chi connectivity index (χ2v) is 4.59. The molecule has 0 spiro atoms. The summed E-state index contributed by atoms with van der Waals surface area (Å²) in [7, 11) is 3.28. The van der Waals surface area contributed by atoms with E-state index in [-0.39, 0.29) is 11.5 Å². The van der Waals surface area contributed by atoms with Crippen molar-refractivity contribution < 1.29 is 14.0 Å². The molecule has 0 atom stereocenters. The van der Waals surface area contributed by atoms with Gasteiger partial charge >= 0.3 is 0 Å². The lowest BCUT2D eigenvalue weighted by Gasteiger charge is -2.11. The van der Waals surface area contributed by atoms with E-state index in [4.69, 9.17) is 0 Å². The molecular weight excluding hydrogens is 273 g/mol. The van der Waals surface area contributed by atoms with Gasteiger partial charge in [-0.3, -0.25) is 14.6 Å². The van der Waals surface area contributed by atoms with Crippen LogP contribution in [0.4, 0.5) is 10.1 Å². The highest BCUT2D eigenvalue weighted by atomic mass is 19.1. The summed E-state index contributed by atoms with van der Waals surface area (Å²) in [4.78, 5) is 28.8. The van der Waals surface area contributed by atoms with Gasteiger partial charge in [-0.05, 0) is 24.3 Å². The highest BCUT2D eigenvalue weighted by molar-refractivity contribution is 6.05. The lowest BCUT2D eigenvalue weighted by molar-refractivity contribution is 0.0827. The van der Waals surface area contributed by atoms with Crippen LogP contribution in [-0.2, 0) is 0 Å². The van der Waals surface area contributed by atoms with E-state index in [9.17, 15) is 14.0 Å². The number of carbonyl (C=O) groups is 2. The van der Waals surface area contributed by atoms with Gasteiger partial charge in [0.25, 0.3) is 11.8 Å². The van der Waals surface area contributed by atoms with Gasteiger partial charge in [0.05, 0.1) is 11.8 Å². The van der Waals surface area contributed by atoms with Crippen molar-refractivity contribution in [2.24, 2.45) is 0 Å². The number of nitrogens with zero attached hydrogens (tertiary/aromatic N) is 2. The van der Waals surface area contributed by atoms with Crippen LogP contribution in [0.5, 0.6) is 0 Å². The maximum atomic E-state index is 13.5. The smallest absolute Gasteiger partial charge is 0.258 e. The summed E-state index contributed by atoms with van der Waals surface area (Å²) in [5, 5.41) is 2.56. The topological polar surface area (TPSA) is 62.3 Å². The number of amides is 2. The molecule has 1 heterocycles. The Hall–Kier alpha value is -2.76. The minimum atomic E-state index is -0.699. The molecule has 5 nitrogen and oxygen atoms in total. The molecule has 1 N–H and O–H groups in total. The fourth-order valence-corrected chi connectivity index (χ4v) is 1.75. The van der Waals surface area contributed by atoms with Crippen molar-refractivity contribution >= 4 is 17.5 Å². The third-order valence-electron chi connectivity index (χ3n) is 2.79. The summed E-state index contributed by atoms with van der Waals surface area (Å²) >= 11 is 0. The number of carbonyl (C=O) groups excluding carboxylic acids is 2. The number of anilines is 1. The first kappa shape index (κ1) is 14.6. The predicted octanol–water partition coefficient (Wildman–Crippen LogP) is 2.17. The Bertz CT molecular complexity index is 686. The summed E-state index contributed by atoms with van der Waals surface area (Å²) in [6.07, 6.45) is 2.31. The average molecular weight is 287 g/mol. The molecule has 1 aromatic carbocycles. The van der Waals surface area contributed by atoms with E-state index < -0.39 is 11.7 Å². The second-order valence-electron chi connectivity index (χ2n) is 4.59. The molecule has 2 rings (SSSR count). The van der Waals surface area contributed by atoms with Crippen molar-refractivity contribution in [3.05, 3.63) is 59.7 Å². The quantitative estimate of drug-likeness (QED) is 0.941. The van der Waals surface area contributed by atoms with Crippen molar-refractivity contribution in [2.75, 3.05) is 19.4 Å². The summed E-state index contributed by atoms with van der Waals surface area (Å²) in [5.41, 5.74) is 0.756. The zero-order valence-corrected chi connectivity index (χ0v) is 11.6. The van der Waals surface area contributed by atoms with E-state index in [1.165, 1.54) is 17.2 Å².